The summed E-state index contributed by atoms with van der Waals surface area (Å²) in [6, 6.07) is 1.76. The molecule has 0 saturated carbocycles. The van der Waals surface area contributed by atoms with Crippen LogP contribution in [-0.2, 0) is 0 Å². The van der Waals surface area contributed by atoms with E-state index in [1.807, 2.05) is 19.2 Å². The molecule has 0 amide bonds. The Hall–Kier alpha value is -2.48. The summed E-state index contributed by atoms with van der Waals surface area (Å²) in [6.07, 6.45) is 3.44. The zero-order valence-electron chi connectivity index (χ0n) is 10.9. The third-order valence-electron chi connectivity index (χ3n) is 2.59. The maximum atomic E-state index is 4.97. The fourth-order valence-electron chi connectivity index (χ4n) is 1.62. The minimum absolute atomic E-state index is 0.531. The van der Waals surface area contributed by atoms with Gasteiger partial charge in [0.05, 0.1) is 5.56 Å². The van der Waals surface area contributed by atoms with Gasteiger partial charge in [-0.1, -0.05) is 5.16 Å². The predicted octanol–water partition coefficient (Wildman–Crippen LogP) is 2.97. The van der Waals surface area contributed by atoms with E-state index in [0.29, 0.717) is 11.6 Å². The van der Waals surface area contributed by atoms with Crippen LogP contribution < -0.4 is 5.32 Å². The first-order valence-electron chi connectivity index (χ1n) is 5.91. The lowest BCUT2D eigenvalue weighted by molar-refractivity contribution is 0.399. The number of thiazole rings is 1. The Kier molecular flexibility index (Phi) is 3.30. The third-order valence-corrected chi connectivity index (χ3v) is 3.28. The van der Waals surface area contributed by atoms with Gasteiger partial charge >= 0.3 is 0 Å². The van der Waals surface area contributed by atoms with E-state index in [2.05, 4.69) is 30.6 Å². The summed E-state index contributed by atoms with van der Waals surface area (Å²) < 4.78 is 4.97. The summed E-state index contributed by atoms with van der Waals surface area (Å²) in [6.45, 7) is 3.75. The van der Waals surface area contributed by atoms with Gasteiger partial charge in [-0.05, 0) is 13.8 Å². The van der Waals surface area contributed by atoms with E-state index in [0.717, 1.165) is 22.1 Å². The van der Waals surface area contributed by atoms with E-state index in [9.17, 15) is 0 Å². The van der Waals surface area contributed by atoms with Crippen molar-refractivity contribution in [3.05, 3.63) is 34.7 Å². The number of anilines is 2. The number of nitrogens with one attached hydrogen (secondary N) is 2. The average Bonchev–Trinajstić information content (AvgIpc) is 3.13. The van der Waals surface area contributed by atoms with E-state index in [1.54, 1.807) is 18.5 Å². The monoisotopic (exact) mass is 288 g/mol. The number of H-pyrrole nitrogens is 1. The van der Waals surface area contributed by atoms with E-state index in [1.165, 1.54) is 11.3 Å². The molecule has 20 heavy (non-hydrogen) atoms. The second-order valence-electron chi connectivity index (χ2n) is 4.13. The highest BCUT2D eigenvalue weighted by Crippen LogP contribution is 2.21. The van der Waals surface area contributed by atoms with Gasteiger partial charge in [0.25, 0.3) is 0 Å². The molecule has 0 fully saturated rings. The average molecular weight is 288 g/mol. The highest BCUT2D eigenvalue weighted by atomic mass is 32.1. The van der Waals surface area contributed by atoms with Gasteiger partial charge in [0.1, 0.15) is 5.76 Å². The van der Waals surface area contributed by atoms with Crippen LogP contribution in [0.15, 0.2) is 27.2 Å². The maximum absolute atomic E-state index is 4.97. The fourth-order valence-corrected chi connectivity index (χ4v) is 2.15. The van der Waals surface area contributed by atoms with E-state index < -0.39 is 0 Å². The molecule has 0 atom stereocenters. The van der Waals surface area contributed by atoms with Crippen LogP contribution in [0.3, 0.4) is 0 Å². The highest BCUT2D eigenvalue weighted by Gasteiger charge is 2.09. The summed E-state index contributed by atoms with van der Waals surface area (Å²) in [5, 5.41) is 16.8. The van der Waals surface area contributed by atoms with Crippen molar-refractivity contribution in [2.45, 2.75) is 13.8 Å². The summed E-state index contributed by atoms with van der Waals surface area (Å²) in [5.41, 5.74) is 1.77. The van der Waals surface area contributed by atoms with Crippen LogP contribution >= 0.6 is 11.3 Å². The van der Waals surface area contributed by atoms with E-state index in [4.69, 9.17) is 4.52 Å². The Labute approximate surface area is 118 Å². The number of nitrogens with zero attached hydrogens (tertiary/aromatic N) is 4. The van der Waals surface area contributed by atoms with Gasteiger partial charge < -0.3 is 9.84 Å². The lowest BCUT2D eigenvalue weighted by Gasteiger charge is -1.98. The molecule has 0 bridgehead atoms. The second-order valence-corrected chi connectivity index (χ2v) is 5.02. The van der Waals surface area contributed by atoms with Crippen molar-refractivity contribution in [3.8, 4) is 0 Å². The number of aromatic amines is 1. The molecule has 7 nitrogen and oxygen atoms in total. The molecule has 102 valence electrons. The molecule has 3 aromatic heterocycles. The minimum Gasteiger partial charge on any atom is -0.359 e. The van der Waals surface area contributed by atoms with Gasteiger partial charge in [0.2, 0.25) is 0 Å². The number of hydrogen-bond acceptors (Lipinski definition) is 7. The zero-order valence-corrected chi connectivity index (χ0v) is 11.7. The lowest BCUT2D eigenvalue weighted by atomic mass is 10.2. The maximum Gasteiger partial charge on any atom is 0.195 e. The van der Waals surface area contributed by atoms with Crippen molar-refractivity contribution < 1.29 is 4.52 Å². The summed E-state index contributed by atoms with van der Waals surface area (Å²) in [4.78, 5) is 8.44. The van der Waals surface area contributed by atoms with Crippen molar-refractivity contribution in [3.63, 3.8) is 0 Å². The van der Waals surface area contributed by atoms with Gasteiger partial charge in [-0.2, -0.15) is 5.10 Å². The molecule has 0 radical (unpaired) electrons. The number of hydrogen-bond donors (Lipinski definition) is 2. The summed E-state index contributed by atoms with van der Waals surface area (Å²) >= 11 is 1.51. The van der Waals surface area contributed by atoms with E-state index >= 15 is 0 Å². The molecule has 0 aliphatic heterocycles. The smallest absolute Gasteiger partial charge is 0.195 e. The molecular weight excluding hydrogens is 276 g/mol. The van der Waals surface area contributed by atoms with Gasteiger partial charge in [-0.15, -0.1) is 11.3 Å². The normalized spacial score (nSPS) is 11.3. The standard InChI is InChI=1S/C12H12N6OS/c1-7-5-10(18-19-7)14-6-9-8(2)16-17-11(9)15-12-13-3-4-20-12/h3-6H,1-2H3,(H2,13,15,16,17). The van der Waals surface area contributed by atoms with Crippen LogP contribution in [0.25, 0.3) is 0 Å². The van der Waals surface area contributed by atoms with Crippen molar-refractivity contribution in [2.75, 3.05) is 5.32 Å². The molecular formula is C12H12N6OS. The van der Waals surface area contributed by atoms with E-state index in [-0.39, 0.29) is 0 Å². The number of rotatable bonds is 4. The summed E-state index contributed by atoms with van der Waals surface area (Å²) in [7, 11) is 0. The van der Waals surface area contributed by atoms with Crippen LogP contribution in [0.4, 0.5) is 16.8 Å². The Morgan fingerprint density at radius 3 is 3.05 bits per heavy atom. The Balaban J connectivity index is 1.85. The zero-order chi connectivity index (χ0) is 13.9. The van der Waals surface area contributed by atoms with Crippen molar-refractivity contribution >= 4 is 34.3 Å². The molecule has 2 N–H and O–H groups in total. The Bertz CT molecular complexity index is 727. The number of aliphatic imine (C=N–C) groups is 1. The van der Waals surface area contributed by atoms with Crippen LogP contribution in [0.5, 0.6) is 0 Å². The first-order chi connectivity index (χ1) is 9.72. The van der Waals surface area contributed by atoms with Crippen LogP contribution in [0.1, 0.15) is 17.0 Å². The quantitative estimate of drug-likeness (QED) is 0.720. The predicted molar refractivity (Wildman–Crippen MR) is 77.2 cm³/mol. The van der Waals surface area contributed by atoms with Gasteiger partial charge in [-0.3, -0.25) is 5.10 Å². The van der Waals surface area contributed by atoms with Crippen molar-refractivity contribution in [1.82, 2.24) is 20.3 Å². The molecule has 0 unspecified atom stereocenters. The van der Waals surface area contributed by atoms with Crippen LogP contribution in [0, 0.1) is 13.8 Å². The molecule has 0 spiro atoms. The van der Waals surface area contributed by atoms with Crippen LogP contribution in [0.2, 0.25) is 0 Å². The van der Waals surface area contributed by atoms with Crippen molar-refractivity contribution in [2.24, 2.45) is 4.99 Å². The topological polar surface area (TPSA) is 92.0 Å². The largest absolute Gasteiger partial charge is 0.359 e. The SMILES string of the molecule is Cc1cc(N=Cc2c(Nc3nccs3)n[nH]c2C)no1. The first-order valence-corrected chi connectivity index (χ1v) is 6.79. The van der Waals surface area contributed by atoms with Crippen molar-refractivity contribution in [1.29, 1.82) is 0 Å². The number of aryl methyl sites for hydroxylation is 2. The van der Waals surface area contributed by atoms with Gasteiger partial charge in [-0.25, -0.2) is 9.98 Å². The first kappa shape index (κ1) is 12.5. The summed E-state index contributed by atoms with van der Waals surface area (Å²) in [5.74, 6) is 1.94. The fraction of sp³-hybridized carbons (Fsp3) is 0.167. The number of aromatic nitrogens is 4. The molecule has 3 rings (SSSR count). The van der Waals surface area contributed by atoms with Gasteiger partial charge in [0.15, 0.2) is 16.8 Å². The highest BCUT2D eigenvalue weighted by molar-refractivity contribution is 7.13. The molecule has 3 aromatic rings. The Morgan fingerprint density at radius 2 is 2.35 bits per heavy atom. The molecule has 0 aliphatic rings. The third kappa shape index (κ3) is 2.59. The lowest BCUT2D eigenvalue weighted by Crippen LogP contribution is -1.94. The molecule has 0 saturated heterocycles. The molecule has 0 aliphatic carbocycles. The second kappa shape index (κ2) is 5.25. The Morgan fingerprint density at radius 1 is 1.45 bits per heavy atom. The molecule has 8 heteroatoms. The minimum atomic E-state index is 0.531. The molecule has 3 heterocycles. The molecule has 0 aromatic carbocycles. The van der Waals surface area contributed by atoms with Gasteiger partial charge in [0, 0.05) is 29.6 Å². The van der Waals surface area contributed by atoms with Crippen LogP contribution in [-0.4, -0.2) is 26.6 Å².